The van der Waals surface area contributed by atoms with Gasteiger partial charge in [-0.15, -0.1) is 0 Å². The van der Waals surface area contributed by atoms with Gasteiger partial charge in [0.15, 0.2) is 0 Å². The quantitative estimate of drug-likeness (QED) is 0.857. The average Bonchev–Trinajstić information content (AvgIpc) is 3.26. The Morgan fingerprint density at radius 2 is 2.00 bits per heavy atom. The molecule has 1 aliphatic carbocycles. The Balaban J connectivity index is 1.70. The summed E-state index contributed by atoms with van der Waals surface area (Å²) in [6.07, 6.45) is 3.90. The molecule has 6 nitrogen and oxygen atoms in total. The van der Waals surface area contributed by atoms with Gasteiger partial charge in [0.05, 0.1) is 20.6 Å². The first-order chi connectivity index (χ1) is 11.6. The van der Waals surface area contributed by atoms with Gasteiger partial charge in [-0.3, -0.25) is 9.59 Å². The molecule has 1 aromatic rings. The fourth-order valence-electron chi connectivity index (χ4n) is 3.15. The minimum absolute atomic E-state index is 0.0130. The highest BCUT2D eigenvalue weighted by atomic mass is 16.5. The number of nitrogens with one attached hydrogen (secondary N) is 1. The van der Waals surface area contributed by atoms with Gasteiger partial charge >= 0.3 is 0 Å². The molecule has 3 rings (SSSR count). The van der Waals surface area contributed by atoms with Crippen molar-refractivity contribution in [1.29, 1.82) is 0 Å². The molecule has 1 aromatic carbocycles. The predicted octanol–water partition coefficient (Wildman–Crippen LogP) is 1.52. The molecule has 1 saturated heterocycles. The minimum Gasteiger partial charge on any atom is -0.497 e. The molecular formula is C18H24N2O4. The molecule has 0 aromatic heterocycles. The molecule has 1 saturated carbocycles. The maximum absolute atomic E-state index is 12.7. The van der Waals surface area contributed by atoms with Gasteiger partial charge in [-0.25, -0.2) is 0 Å². The van der Waals surface area contributed by atoms with Crippen molar-refractivity contribution in [1.82, 2.24) is 10.2 Å². The summed E-state index contributed by atoms with van der Waals surface area (Å²) in [5, 5.41) is 3.01. The lowest BCUT2D eigenvalue weighted by molar-refractivity contribution is -0.138. The van der Waals surface area contributed by atoms with E-state index < -0.39 is 0 Å². The Bertz CT molecular complexity index is 627. The van der Waals surface area contributed by atoms with Crippen LogP contribution in [0.25, 0.3) is 0 Å². The van der Waals surface area contributed by atoms with Crippen LogP contribution in [0.1, 0.15) is 31.2 Å². The van der Waals surface area contributed by atoms with Gasteiger partial charge in [-0.1, -0.05) is 0 Å². The number of carbonyl (C=O) groups is 2. The van der Waals surface area contributed by atoms with Crippen molar-refractivity contribution in [2.75, 3.05) is 20.8 Å². The molecule has 0 spiro atoms. The number of ether oxygens (including phenoxy) is 2. The normalized spacial score (nSPS) is 19.9. The van der Waals surface area contributed by atoms with E-state index in [9.17, 15) is 9.59 Å². The van der Waals surface area contributed by atoms with Gasteiger partial charge in [0, 0.05) is 18.2 Å². The first-order valence-electron chi connectivity index (χ1n) is 8.43. The highest BCUT2D eigenvalue weighted by molar-refractivity contribution is 5.89. The van der Waals surface area contributed by atoms with Crippen LogP contribution in [0, 0.1) is 0 Å². The van der Waals surface area contributed by atoms with Crippen molar-refractivity contribution in [3.05, 3.63) is 23.8 Å². The Hall–Kier alpha value is -2.24. The van der Waals surface area contributed by atoms with Crippen molar-refractivity contribution in [3.8, 4) is 11.5 Å². The van der Waals surface area contributed by atoms with E-state index in [2.05, 4.69) is 5.32 Å². The number of nitrogens with zero attached hydrogens (tertiary/aromatic N) is 1. The van der Waals surface area contributed by atoms with Crippen LogP contribution in [0.2, 0.25) is 0 Å². The topological polar surface area (TPSA) is 67.9 Å². The monoisotopic (exact) mass is 332 g/mol. The van der Waals surface area contributed by atoms with Crippen molar-refractivity contribution in [3.63, 3.8) is 0 Å². The smallest absolute Gasteiger partial charge is 0.243 e. The number of carbonyl (C=O) groups excluding carboxylic acids is 2. The fraction of sp³-hybridized carbons (Fsp3) is 0.556. The molecule has 6 heteroatoms. The molecule has 1 atom stereocenters. The lowest BCUT2D eigenvalue weighted by atomic mass is 10.1. The molecular weight excluding hydrogens is 308 g/mol. The van der Waals surface area contributed by atoms with Gasteiger partial charge in [0.1, 0.15) is 17.5 Å². The van der Waals surface area contributed by atoms with Crippen LogP contribution in [0.5, 0.6) is 11.5 Å². The second kappa shape index (κ2) is 7.11. The number of likely N-dealkylation sites (tertiary alicyclic amines) is 1. The summed E-state index contributed by atoms with van der Waals surface area (Å²) in [6, 6.07) is 5.38. The van der Waals surface area contributed by atoms with E-state index in [-0.39, 0.29) is 24.3 Å². The maximum atomic E-state index is 12.7. The van der Waals surface area contributed by atoms with Gasteiger partial charge < -0.3 is 19.7 Å². The third-order valence-electron chi connectivity index (χ3n) is 4.63. The molecule has 2 fully saturated rings. The summed E-state index contributed by atoms with van der Waals surface area (Å²) in [4.78, 5) is 26.8. The Morgan fingerprint density at radius 1 is 1.21 bits per heavy atom. The summed E-state index contributed by atoms with van der Waals surface area (Å²) >= 11 is 0. The van der Waals surface area contributed by atoms with Gasteiger partial charge in [-0.05, 0) is 43.9 Å². The van der Waals surface area contributed by atoms with Crippen LogP contribution < -0.4 is 14.8 Å². The second-order valence-electron chi connectivity index (χ2n) is 6.38. The Morgan fingerprint density at radius 3 is 2.67 bits per heavy atom. The van der Waals surface area contributed by atoms with Gasteiger partial charge in [0.2, 0.25) is 11.8 Å². The van der Waals surface area contributed by atoms with Crippen LogP contribution in [-0.2, 0) is 16.0 Å². The zero-order chi connectivity index (χ0) is 17.1. The molecule has 1 aliphatic heterocycles. The summed E-state index contributed by atoms with van der Waals surface area (Å²) < 4.78 is 10.6. The van der Waals surface area contributed by atoms with Crippen molar-refractivity contribution >= 4 is 11.8 Å². The van der Waals surface area contributed by atoms with E-state index in [1.807, 2.05) is 6.07 Å². The standard InChI is InChI=1S/C18H24N2O4/c1-23-14-7-8-16(24-2)12(10-14)11-17(21)20-9-3-4-15(20)18(22)19-13-5-6-13/h7-8,10,13,15H,3-6,9,11H2,1-2H3,(H,19,22). The Labute approximate surface area is 142 Å². The van der Waals surface area contributed by atoms with E-state index in [0.29, 0.717) is 24.1 Å². The second-order valence-corrected chi connectivity index (χ2v) is 6.38. The fourth-order valence-corrected chi connectivity index (χ4v) is 3.15. The Kier molecular flexibility index (Phi) is 4.92. The molecule has 2 aliphatic rings. The third kappa shape index (κ3) is 3.63. The van der Waals surface area contributed by atoms with Crippen molar-refractivity contribution < 1.29 is 19.1 Å². The number of benzene rings is 1. The van der Waals surface area contributed by atoms with E-state index in [1.54, 1.807) is 31.3 Å². The highest BCUT2D eigenvalue weighted by Crippen LogP contribution is 2.27. The van der Waals surface area contributed by atoms with Crippen LogP contribution in [0.3, 0.4) is 0 Å². The van der Waals surface area contributed by atoms with E-state index in [1.165, 1.54) is 0 Å². The predicted molar refractivity (Wildman–Crippen MR) is 89.1 cm³/mol. The first kappa shape index (κ1) is 16.6. The average molecular weight is 332 g/mol. The largest absolute Gasteiger partial charge is 0.497 e. The van der Waals surface area contributed by atoms with Crippen LogP contribution in [0.15, 0.2) is 18.2 Å². The molecule has 1 unspecified atom stereocenters. The molecule has 24 heavy (non-hydrogen) atoms. The lowest BCUT2D eigenvalue weighted by Gasteiger charge is -2.24. The lowest BCUT2D eigenvalue weighted by Crippen LogP contribution is -2.47. The summed E-state index contributed by atoms with van der Waals surface area (Å²) in [7, 11) is 3.17. The highest BCUT2D eigenvalue weighted by Gasteiger charge is 2.36. The van der Waals surface area contributed by atoms with Crippen LogP contribution in [-0.4, -0.2) is 49.6 Å². The molecule has 2 amide bonds. The molecule has 0 bridgehead atoms. The zero-order valence-electron chi connectivity index (χ0n) is 14.2. The SMILES string of the molecule is COc1ccc(OC)c(CC(=O)N2CCCC2C(=O)NC2CC2)c1. The number of hydrogen-bond donors (Lipinski definition) is 1. The number of methoxy groups -OCH3 is 2. The molecule has 1 N–H and O–H groups in total. The van der Waals surface area contributed by atoms with Gasteiger partial charge in [-0.2, -0.15) is 0 Å². The summed E-state index contributed by atoms with van der Waals surface area (Å²) in [5.41, 5.74) is 0.773. The van der Waals surface area contributed by atoms with Gasteiger partial charge in [0.25, 0.3) is 0 Å². The maximum Gasteiger partial charge on any atom is 0.243 e. The van der Waals surface area contributed by atoms with Crippen molar-refractivity contribution in [2.24, 2.45) is 0 Å². The minimum atomic E-state index is -0.338. The summed E-state index contributed by atoms with van der Waals surface area (Å²) in [6.45, 7) is 0.633. The third-order valence-corrected chi connectivity index (χ3v) is 4.63. The van der Waals surface area contributed by atoms with Crippen LogP contribution >= 0.6 is 0 Å². The van der Waals surface area contributed by atoms with Crippen molar-refractivity contribution in [2.45, 2.75) is 44.2 Å². The van der Waals surface area contributed by atoms with E-state index in [4.69, 9.17) is 9.47 Å². The summed E-state index contributed by atoms with van der Waals surface area (Å²) in [5.74, 6) is 1.28. The number of rotatable bonds is 6. The number of amides is 2. The number of hydrogen-bond acceptors (Lipinski definition) is 4. The zero-order valence-corrected chi connectivity index (χ0v) is 14.2. The first-order valence-corrected chi connectivity index (χ1v) is 8.43. The molecule has 0 radical (unpaired) electrons. The molecule has 1 heterocycles. The van der Waals surface area contributed by atoms with Crippen LogP contribution in [0.4, 0.5) is 0 Å². The van der Waals surface area contributed by atoms with E-state index in [0.717, 1.165) is 31.2 Å². The molecule has 130 valence electrons. The van der Waals surface area contributed by atoms with E-state index >= 15 is 0 Å².